The van der Waals surface area contributed by atoms with E-state index in [1.54, 1.807) is 36.4 Å². The number of rotatable bonds is 5. The van der Waals surface area contributed by atoms with Gasteiger partial charge in [-0.2, -0.15) is 0 Å². The molecule has 2 aromatic heterocycles. The minimum absolute atomic E-state index is 0.227. The fourth-order valence-electron chi connectivity index (χ4n) is 4.14. The summed E-state index contributed by atoms with van der Waals surface area (Å²) in [7, 11) is 0. The van der Waals surface area contributed by atoms with Gasteiger partial charge in [-0.05, 0) is 58.7 Å². The predicted molar refractivity (Wildman–Crippen MR) is 150 cm³/mol. The molecule has 182 valence electrons. The van der Waals surface area contributed by atoms with Gasteiger partial charge in [-0.15, -0.1) is 0 Å². The smallest absolute Gasteiger partial charge is 0.347 e. The summed E-state index contributed by atoms with van der Waals surface area (Å²) in [4.78, 5) is 34.4. The molecule has 0 amide bonds. The molecule has 6 aromatic rings. The van der Waals surface area contributed by atoms with Crippen LogP contribution < -0.4 is 11.3 Å². The van der Waals surface area contributed by atoms with E-state index in [1.807, 2.05) is 84.9 Å². The summed E-state index contributed by atoms with van der Waals surface area (Å²) in [6, 6.07) is 30.1. The van der Waals surface area contributed by atoms with Crippen LogP contribution in [-0.2, 0) is 0 Å². The van der Waals surface area contributed by atoms with E-state index >= 15 is 0 Å². The largest absolute Gasteiger partial charge is 0.404 e. The SMILES string of the molecule is O=c1oc(/C=C/c2ccccc2)nc2ccc(-c3ccc4nc(/C=C/c5ccccc5)oc(=O)c4c3)cc12. The molecule has 0 aliphatic rings. The molecule has 0 spiro atoms. The molecular weight excluding hydrogens is 476 g/mol. The summed E-state index contributed by atoms with van der Waals surface area (Å²) in [5.41, 5.74) is 3.51. The van der Waals surface area contributed by atoms with Crippen LogP contribution in [0.25, 0.3) is 57.2 Å². The Morgan fingerprint density at radius 3 is 1.34 bits per heavy atom. The maximum Gasteiger partial charge on any atom is 0.347 e. The Balaban J connectivity index is 1.32. The summed E-state index contributed by atoms with van der Waals surface area (Å²) >= 11 is 0. The van der Waals surface area contributed by atoms with E-state index in [0.29, 0.717) is 21.8 Å². The standard InChI is InChI=1S/C32H20N2O4/c35-31-25-19-23(13-15-27(25)33-29(37-31)17-11-21-7-3-1-4-8-21)24-14-16-28-26(20-24)32(36)38-30(34-28)18-12-22-9-5-2-6-10-22/h1-20H/b17-11+,18-12+. The predicted octanol–water partition coefficient (Wildman–Crippen LogP) is 6.70. The lowest BCUT2D eigenvalue weighted by atomic mass is 10.0. The van der Waals surface area contributed by atoms with Crippen LogP contribution in [-0.4, -0.2) is 9.97 Å². The number of aromatic nitrogens is 2. The molecule has 6 heteroatoms. The first kappa shape index (κ1) is 23.1. The molecule has 2 heterocycles. The van der Waals surface area contributed by atoms with Crippen LogP contribution in [0.5, 0.6) is 0 Å². The molecule has 0 unspecified atom stereocenters. The van der Waals surface area contributed by atoms with Gasteiger partial charge in [-0.3, -0.25) is 0 Å². The highest BCUT2D eigenvalue weighted by Crippen LogP contribution is 2.25. The molecule has 0 bridgehead atoms. The van der Waals surface area contributed by atoms with E-state index in [-0.39, 0.29) is 11.8 Å². The van der Waals surface area contributed by atoms with Crippen molar-refractivity contribution in [3.63, 3.8) is 0 Å². The third kappa shape index (κ3) is 4.83. The molecule has 0 fully saturated rings. The van der Waals surface area contributed by atoms with Gasteiger partial charge in [0.2, 0.25) is 11.8 Å². The van der Waals surface area contributed by atoms with E-state index in [1.165, 1.54) is 0 Å². The van der Waals surface area contributed by atoms with Gasteiger partial charge >= 0.3 is 11.3 Å². The fraction of sp³-hybridized carbons (Fsp3) is 0. The Bertz CT molecular complexity index is 1810. The van der Waals surface area contributed by atoms with Crippen LogP contribution in [0.4, 0.5) is 0 Å². The van der Waals surface area contributed by atoms with Crippen LogP contribution in [0.2, 0.25) is 0 Å². The Labute approximate surface area is 216 Å². The first-order chi connectivity index (χ1) is 18.6. The topological polar surface area (TPSA) is 86.2 Å². The highest BCUT2D eigenvalue weighted by molar-refractivity contribution is 5.88. The number of nitrogens with zero attached hydrogens (tertiary/aromatic N) is 2. The minimum Gasteiger partial charge on any atom is -0.404 e. The van der Waals surface area contributed by atoms with Gasteiger partial charge in [0.15, 0.2) is 0 Å². The van der Waals surface area contributed by atoms with Gasteiger partial charge in [0.25, 0.3) is 0 Å². The van der Waals surface area contributed by atoms with Gasteiger partial charge < -0.3 is 8.83 Å². The lowest BCUT2D eigenvalue weighted by molar-refractivity contribution is 0.490. The van der Waals surface area contributed by atoms with Crippen molar-refractivity contribution in [2.75, 3.05) is 0 Å². The second kappa shape index (κ2) is 9.95. The van der Waals surface area contributed by atoms with Gasteiger partial charge in [-0.1, -0.05) is 72.8 Å². The van der Waals surface area contributed by atoms with Gasteiger partial charge in [0.05, 0.1) is 21.8 Å². The molecular formula is C32H20N2O4. The summed E-state index contributed by atoms with van der Waals surface area (Å²) in [6.07, 6.45) is 7.01. The van der Waals surface area contributed by atoms with Gasteiger partial charge in [0.1, 0.15) is 0 Å². The second-order valence-electron chi connectivity index (χ2n) is 8.63. The normalized spacial score (nSPS) is 11.7. The zero-order valence-electron chi connectivity index (χ0n) is 20.1. The fourth-order valence-corrected chi connectivity index (χ4v) is 4.14. The molecule has 6 nitrogen and oxygen atoms in total. The van der Waals surface area contributed by atoms with Crippen LogP contribution in [0.3, 0.4) is 0 Å². The molecule has 38 heavy (non-hydrogen) atoms. The quantitative estimate of drug-likeness (QED) is 0.264. The monoisotopic (exact) mass is 496 g/mol. The molecule has 4 aromatic carbocycles. The van der Waals surface area contributed by atoms with Crippen molar-refractivity contribution in [2.45, 2.75) is 0 Å². The van der Waals surface area contributed by atoms with Crippen molar-refractivity contribution in [1.29, 1.82) is 0 Å². The van der Waals surface area contributed by atoms with E-state index in [2.05, 4.69) is 9.97 Å². The zero-order chi connectivity index (χ0) is 25.9. The van der Waals surface area contributed by atoms with E-state index in [9.17, 15) is 9.59 Å². The van der Waals surface area contributed by atoms with E-state index < -0.39 is 11.3 Å². The minimum atomic E-state index is -0.485. The highest BCUT2D eigenvalue weighted by atomic mass is 16.4. The van der Waals surface area contributed by atoms with Crippen molar-refractivity contribution in [3.05, 3.63) is 141 Å². The molecule has 0 aliphatic carbocycles. The third-order valence-electron chi connectivity index (χ3n) is 6.06. The van der Waals surface area contributed by atoms with Crippen molar-refractivity contribution in [3.8, 4) is 11.1 Å². The molecule has 6 rings (SSSR count). The van der Waals surface area contributed by atoms with Crippen molar-refractivity contribution < 1.29 is 8.83 Å². The van der Waals surface area contributed by atoms with Crippen LogP contribution in [0, 0.1) is 0 Å². The first-order valence-electron chi connectivity index (χ1n) is 12.0. The van der Waals surface area contributed by atoms with Crippen molar-refractivity contribution in [2.24, 2.45) is 0 Å². The summed E-state index contributed by atoms with van der Waals surface area (Å²) in [5, 5.41) is 0.706. The molecule has 0 atom stereocenters. The third-order valence-corrected chi connectivity index (χ3v) is 6.06. The molecule has 0 N–H and O–H groups in total. The first-order valence-corrected chi connectivity index (χ1v) is 12.0. The van der Waals surface area contributed by atoms with Crippen LogP contribution in [0.15, 0.2) is 115 Å². The maximum absolute atomic E-state index is 12.7. The zero-order valence-corrected chi connectivity index (χ0v) is 20.1. The summed E-state index contributed by atoms with van der Waals surface area (Å²) in [6.45, 7) is 0. The molecule has 0 saturated carbocycles. The highest BCUT2D eigenvalue weighted by Gasteiger charge is 2.10. The average Bonchev–Trinajstić information content (AvgIpc) is 2.96. The number of benzene rings is 4. The van der Waals surface area contributed by atoms with Gasteiger partial charge in [0, 0.05) is 12.2 Å². The second-order valence-corrected chi connectivity index (χ2v) is 8.63. The van der Waals surface area contributed by atoms with Crippen molar-refractivity contribution in [1.82, 2.24) is 9.97 Å². The Morgan fingerprint density at radius 1 is 0.500 bits per heavy atom. The Morgan fingerprint density at radius 2 is 0.921 bits per heavy atom. The number of fused-ring (bicyclic) bond motifs is 2. The molecule has 0 radical (unpaired) electrons. The molecule has 0 saturated heterocycles. The summed E-state index contributed by atoms with van der Waals surface area (Å²) in [5.74, 6) is 0.455. The average molecular weight is 497 g/mol. The summed E-state index contributed by atoms with van der Waals surface area (Å²) < 4.78 is 10.9. The lowest BCUT2D eigenvalue weighted by Crippen LogP contribution is -2.04. The lowest BCUT2D eigenvalue weighted by Gasteiger charge is -2.05. The Kier molecular flexibility index (Phi) is 6.04. The Hall–Kier alpha value is -5.36. The van der Waals surface area contributed by atoms with Crippen LogP contribution in [0.1, 0.15) is 22.9 Å². The van der Waals surface area contributed by atoms with Crippen molar-refractivity contribution >= 4 is 46.1 Å². The van der Waals surface area contributed by atoms with Gasteiger partial charge in [-0.25, -0.2) is 19.6 Å². The number of hydrogen-bond donors (Lipinski definition) is 0. The van der Waals surface area contributed by atoms with Crippen LogP contribution >= 0.6 is 0 Å². The number of hydrogen-bond acceptors (Lipinski definition) is 6. The van der Waals surface area contributed by atoms with E-state index in [0.717, 1.165) is 22.3 Å². The molecule has 0 aliphatic heterocycles. The maximum atomic E-state index is 12.7. The van der Waals surface area contributed by atoms with E-state index in [4.69, 9.17) is 8.83 Å².